The number of fused-ring (bicyclic) bond motifs is 5. The number of aliphatic imine (C=N–C) groups is 1. The lowest BCUT2D eigenvalue weighted by Gasteiger charge is -2.27. The lowest BCUT2D eigenvalue weighted by Crippen LogP contribution is -2.33. The van der Waals surface area contributed by atoms with Gasteiger partial charge in [0.1, 0.15) is 18.0 Å². The average molecular weight is 400 g/mol. The molecule has 3 aliphatic heterocycles. The molecule has 8 heteroatoms. The van der Waals surface area contributed by atoms with Gasteiger partial charge >= 0.3 is 5.97 Å². The van der Waals surface area contributed by atoms with E-state index in [1.165, 1.54) is 10.6 Å². The van der Waals surface area contributed by atoms with E-state index in [1.807, 2.05) is 0 Å². The summed E-state index contributed by atoms with van der Waals surface area (Å²) in [6.07, 6.45) is 4.18. The quantitative estimate of drug-likeness (QED) is 0.734. The Morgan fingerprint density at radius 3 is 2.93 bits per heavy atom. The summed E-state index contributed by atoms with van der Waals surface area (Å²) in [6.45, 7) is 1.69. The van der Waals surface area contributed by atoms with Gasteiger partial charge < -0.3 is 14.4 Å². The third-order valence-corrected chi connectivity index (χ3v) is 6.16. The molecule has 0 fully saturated rings. The standard InChI is InChI=1S/C21H18F2N2O4/c1-2-21(28)7-17(26)29-9-12-13(21)6-16-19-10(8-25(16)20(12)27)5-11-15(24-19)4-3-14(22)18(11)23/h3-6,11,15,28H,2,7-9H2,1H3/t11?,15?,21-/m1/s1. The molecule has 4 aliphatic rings. The van der Waals surface area contributed by atoms with Crippen LogP contribution in [-0.2, 0) is 28.3 Å². The van der Waals surface area contributed by atoms with Crippen molar-refractivity contribution in [3.8, 4) is 0 Å². The van der Waals surface area contributed by atoms with Crippen LogP contribution in [-0.4, -0.2) is 27.4 Å². The summed E-state index contributed by atoms with van der Waals surface area (Å²) in [6, 6.07) is 1.09. The molecule has 1 aromatic rings. The molecule has 4 heterocycles. The molecule has 29 heavy (non-hydrogen) atoms. The molecule has 2 unspecified atom stereocenters. The minimum Gasteiger partial charge on any atom is -0.460 e. The van der Waals surface area contributed by atoms with E-state index >= 15 is 0 Å². The van der Waals surface area contributed by atoms with E-state index in [0.717, 1.165) is 6.08 Å². The summed E-state index contributed by atoms with van der Waals surface area (Å²) in [5.41, 5.74) is 0.383. The monoisotopic (exact) mass is 400 g/mol. The number of esters is 1. The second-order valence-electron chi connectivity index (χ2n) is 7.78. The van der Waals surface area contributed by atoms with Crippen molar-refractivity contribution >= 4 is 11.7 Å². The Kier molecular flexibility index (Phi) is 3.80. The van der Waals surface area contributed by atoms with Gasteiger partial charge in [0.05, 0.1) is 41.9 Å². The molecule has 1 aliphatic carbocycles. The van der Waals surface area contributed by atoms with E-state index in [1.54, 1.807) is 19.1 Å². The minimum atomic E-state index is -1.51. The lowest BCUT2D eigenvalue weighted by molar-refractivity contribution is -0.149. The molecule has 3 atom stereocenters. The molecule has 0 radical (unpaired) electrons. The molecule has 0 spiro atoms. The third-order valence-electron chi connectivity index (χ3n) is 6.16. The van der Waals surface area contributed by atoms with Crippen LogP contribution >= 0.6 is 0 Å². The Labute approximate surface area is 164 Å². The molecule has 6 nitrogen and oxygen atoms in total. The fourth-order valence-corrected chi connectivity index (χ4v) is 4.49. The van der Waals surface area contributed by atoms with Gasteiger partial charge in [-0.25, -0.2) is 8.78 Å². The van der Waals surface area contributed by atoms with Crippen molar-refractivity contribution in [1.82, 2.24) is 4.57 Å². The zero-order valence-electron chi connectivity index (χ0n) is 15.6. The molecule has 1 aromatic heterocycles. The second kappa shape index (κ2) is 6.06. The Morgan fingerprint density at radius 1 is 1.38 bits per heavy atom. The smallest absolute Gasteiger partial charge is 0.309 e. The van der Waals surface area contributed by atoms with Crippen LogP contribution in [0.2, 0.25) is 0 Å². The number of carbonyl (C=O) groups excluding carboxylic acids is 1. The normalized spacial score (nSPS) is 29.9. The number of nitrogens with zero attached hydrogens (tertiary/aromatic N) is 2. The molecule has 150 valence electrons. The predicted molar refractivity (Wildman–Crippen MR) is 99.6 cm³/mol. The summed E-state index contributed by atoms with van der Waals surface area (Å²) in [5.74, 6) is -3.16. The number of aromatic nitrogens is 1. The van der Waals surface area contributed by atoms with Gasteiger partial charge in [0, 0.05) is 0 Å². The number of dihydropyridines is 1. The Bertz CT molecular complexity index is 1140. The van der Waals surface area contributed by atoms with E-state index in [2.05, 4.69) is 4.99 Å². The molecule has 0 bridgehead atoms. The zero-order valence-corrected chi connectivity index (χ0v) is 15.6. The van der Waals surface area contributed by atoms with Gasteiger partial charge in [-0.1, -0.05) is 19.1 Å². The maximum Gasteiger partial charge on any atom is 0.309 e. The topological polar surface area (TPSA) is 80.9 Å². The third kappa shape index (κ3) is 2.51. The first kappa shape index (κ1) is 18.2. The van der Waals surface area contributed by atoms with E-state index < -0.39 is 35.2 Å². The number of hydrogen-bond donors (Lipinski definition) is 1. The first-order valence-corrected chi connectivity index (χ1v) is 9.50. The molecule has 5 rings (SSSR count). The van der Waals surface area contributed by atoms with Crippen LogP contribution < -0.4 is 5.56 Å². The van der Waals surface area contributed by atoms with Crippen LogP contribution in [0.3, 0.4) is 0 Å². The summed E-state index contributed by atoms with van der Waals surface area (Å²) in [4.78, 5) is 29.7. The molecule has 0 aromatic carbocycles. The van der Waals surface area contributed by atoms with Crippen molar-refractivity contribution in [2.24, 2.45) is 10.9 Å². The Balaban J connectivity index is 1.69. The predicted octanol–water partition coefficient (Wildman–Crippen LogP) is 2.34. The van der Waals surface area contributed by atoms with Gasteiger partial charge in [-0.05, 0) is 29.7 Å². The highest BCUT2D eigenvalue weighted by molar-refractivity contribution is 6.14. The van der Waals surface area contributed by atoms with Crippen molar-refractivity contribution in [3.05, 3.63) is 68.7 Å². The van der Waals surface area contributed by atoms with Crippen molar-refractivity contribution in [3.63, 3.8) is 0 Å². The molecule has 0 amide bonds. The number of carbonyl (C=O) groups is 1. The summed E-state index contributed by atoms with van der Waals surface area (Å²) >= 11 is 0. The van der Waals surface area contributed by atoms with Crippen LogP contribution in [0.15, 0.2) is 51.3 Å². The number of allylic oxidation sites excluding steroid dienone is 3. The van der Waals surface area contributed by atoms with Crippen molar-refractivity contribution in [2.75, 3.05) is 0 Å². The van der Waals surface area contributed by atoms with Crippen molar-refractivity contribution in [2.45, 2.75) is 44.6 Å². The molecular formula is C21H18F2N2O4. The van der Waals surface area contributed by atoms with Gasteiger partial charge in [0.15, 0.2) is 5.83 Å². The van der Waals surface area contributed by atoms with Crippen LogP contribution in [0, 0.1) is 5.92 Å². The molecule has 0 saturated carbocycles. The molecule has 1 N–H and O–H groups in total. The van der Waals surface area contributed by atoms with Crippen LogP contribution in [0.25, 0.3) is 0 Å². The van der Waals surface area contributed by atoms with Crippen LogP contribution in [0.1, 0.15) is 36.6 Å². The number of cyclic esters (lactones) is 1. The lowest BCUT2D eigenvalue weighted by atomic mass is 9.85. The Morgan fingerprint density at radius 2 is 2.17 bits per heavy atom. The highest BCUT2D eigenvalue weighted by Gasteiger charge is 2.41. The molecule has 0 saturated heterocycles. The van der Waals surface area contributed by atoms with E-state index in [-0.39, 0.29) is 37.1 Å². The number of rotatable bonds is 1. The first-order chi connectivity index (χ1) is 13.8. The van der Waals surface area contributed by atoms with Gasteiger partial charge in [0.2, 0.25) is 0 Å². The van der Waals surface area contributed by atoms with Gasteiger partial charge in [0.25, 0.3) is 5.56 Å². The number of pyridine rings is 1. The average Bonchev–Trinajstić information content (AvgIpc) is 3.00. The van der Waals surface area contributed by atoms with Crippen LogP contribution in [0.4, 0.5) is 8.78 Å². The SMILES string of the molecule is CC[C@@]1(O)CC(=O)OCc2c1cc1n(c2=O)CC2=CC3C(F)=C(F)C=CC3N=C21. The number of aliphatic hydroxyl groups is 1. The van der Waals surface area contributed by atoms with Crippen LogP contribution in [0.5, 0.6) is 0 Å². The second-order valence-corrected chi connectivity index (χ2v) is 7.78. The number of hydrogen-bond acceptors (Lipinski definition) is 5. The fraction of sp³-hybridized carbons (Fsp3) is 0.381. The summed E-state index contributed by atoms with van der Waals surface area (Å²) in [5, 5.41) is 11.1. The maximum absolute atomic E-state index is 14.2. The minimum absolute atomic E-state index is 0.167. The summed E-state index contributed by atoms with van der Waals surface area (Å²) in [7, 11) is 0. The van der Waals surface area contributed by atoms with E-state index in [4.69, 9.17) is 4.74 Å². The van der Waals surface area contributed by atoms with Gasteiger partial charge in [-0.3, -0.25) is 14.6 Å². The van der Waals surface area contributed by atoms with Crippen molar-refractivity contribution < 1.29 is 23.4 Å². The highest BCUT2D eigenvalue weighted by atomic mass is 19.2. The largest absolute Gasteiger partial charge is 0.460 e. The van der Waals surface area contributed by atoms with Gasteiger partial charge in [-0.2, -0.15) is 0 Å². The number of halogens is 2. The van der Waals surface area contributed by atoms with E-state index in [9.17, 15) is 23.5 Å². The zero-order chi connectivity index (χ0) is 20.5. The Hall–Kier alpha value is -2.87. The van der Waals surface area contributed by atoms with Crippen molar-refractivity contribution in [1.29, 1.82) is 0 Å². The van der Waals surface area contributed by atoms with Gasteiger partial charge in [-0.15, -0.1) is 0 Å². The summed E-state index contributed by atoms with van der Waals surface area (Å²) < 4.78 is 34.5. The molecular weight excluding hydrogens is 382 g/mol. The highest BCUT2D eigenvalue weighted by Crippen LogP contribution is 2.39. The fourth-order valence-electron chi connectivity index (χ4n) is 4.49. The first-order valence-electron chi connectivity index (χ1n) is 9.50. The van der Waals surface area contributed by atoms with E-state index in [0.29, 0.717) is 22.5 Å². The maximum atomic E-state index is 14.2. The number of ether oxygens (including phenoxy) is 1.